The molecule has 29 heavy (non-hydrogen) atoms. The number of fused-ring (bicyclic) bond motifs is 1. The molecule has 0 aliphatic carbocycles. The average molecular weight is 435 g/mol. The molecule has 2 amide bonds. The van der Waals surface area contributed by atoms with Crippen LogP contribution in [0.4, 0.5) is 0 Å². The lowest BCUT2D eigenvalue weighted by Gasteiger charge is -2.45. The van der Waals surface area contributed by atoms with E-state index in [0.717, 1.165) is 0 Å². The van der Waals surface area contributed by atoms with Gasteiger partial charge in [0.15, 0.2) is 0 Å². The third-order valence-corrected chi connectivity index (χ3v) is 7.07. The summed E-state index contributed by atoms with van der Waals surface area (Å²) in [5.41, 5.74) is 0.996. The fraction of sp³-hybridized carbons (Fsp3) is 0.368. The van der Waals surface area contributed by atoms with Crippen molar-refractivity contribution in [3.63, 3.8) is 0 Å². The second kappa shape index (κ2) is 6.77. The number of aryl methyl sites for hydroxylation is 1. The molecule has 1 aromatic heterocycles. The molecule has 0 saturated carbocycles. The summed E-state index contributed by atoms with van der Waals surface area (Å²) in [6, 6.07) is 5.02. The number of aliphatic carboxylic acids is 1. The topological polar surface area (TPSA) is 116 Å². The Hall–Kier alpha value is -2.52. The van der Waals surface area contributed by atoms with Gasteiger partial charge in [0.1, 0.15) is 28.4 Å². The zero-order valence-corrected chi connectivity index (χ0v) is 17.3. The fourth-order valence-electron chi connectivity index (χ4n) is 3.82. The summed E-state index contributed by atoms with van der Waals surface area (Å²) < 4.78 is 4.47. The fourth-order valence-corrected chi connectivity index (χ4v) is 5.66. The van der Waals surface area contributed by atoms with E-state index in [1.165, 1.54) is 16.7 Å². The number of carbonyl (C=O) groups is 3. The van der Waals surface area contributed by atoms with Gasteiger partial charge >= 0.3 is 0 Å². The number of aromatic nitrogens is 1. The predicted octanol–water partition coefficient (Wildman–Crippen LogP) is 1.21. The van der Waals surface area contributed by atoms with Gasteiger partial charge in [0, 0.05) is 10.3 Å². The molecule has 10 heteroatoms. The number of hydrogen-bond donors (Lipinski definition) is 1. The Morgan fingerprint density at radius 3 is 2.69 bits per heavy atom. The predicted molar refractivity (Wildman–Crippen MR) is 104 cm³/mol. The van der Waals surface area contributed by atoms with Crippen molar-refractivity contribution >= 4 is 41.1 Å². The molecule has 3 atom stereocenters. The van der Waals surface area contributed by atoms with Gasteiger partial charge in [-0.15, -0.1) is 11.8 Å². The van der Waals surface area contributed by atoms with E-state index in [1.54, 1.807) is 45.0 Å². The van der Waals surface area contributed by atoms with Crippen LogP contribution < -0.4 is 10.4 Å². The van der Waals surface area contributed by atoms with Gasteiger partial charge in [-0.25, -0.2) is 0 Å². The molecule has 3 heterocycles. The van der Waals surface area contributed by atoms with Gasteiger partial charge in [-0.2, -0.15) is 0 Å². The van der Waals surface area contributed by atoms with Crippen LogP contribution in [0.2, 0.25) is 5.02 Å². The molecule has 4 rings (SSSR count). The lowest BCUT2D eigenvalue weighted by molar-refractivity contribution is -0.312. The molecule has 152 valence electrons. The van der Waals surface area contributed by atoms with Crippen LogP contribution in [-0.2, 0) is 9.59 Å². The van der Waals surface area contributed by atoms with Crippen LogP contribution in [0.3, 0.4) is 0 Å². The molecule has 1 aromatic carbocycles. The van der Waals surface area contributed by atoms with Gasteiger partial charge in [-0.1, -0.05) is 35.0 Å². The molecular formula is C19H17ClN3O5S-. The molecule has 0 radical (unpaired) electrons. The maximum atomic E-state index is 13.0. The van der Waals surface area contributed by atoms with Crippen molar-refractivity contribution in [3.8, 4) is 11.3 Å². The van der Waals surface area contributed by atoms with Crippen molar-refractivity contribution in [3.05, 3.63) is 40.6 Å². The standard InChI is InChI=1S/C19H18ClN3O5S/c1-8-11(12(22-28-8)9-6-4-5-7-10(9)20)15(24)21-13-16(25)23-14(18(26)27)19(2,3)29-17(13)23/h4-7,13-14,17H,1-3H3,(H,21,24)(H,26,27)/p-1. The highest BCUT2D eigenvalue weighted by atomic mass is 35.5. The minimum atomic E-state index is -1.31. The third-order valence-electron chi connectivity index (χ3n) is 5.17. The Morgan fingerprint density at radius 1 is 1.34 bits per heavy atom. The van der Waals surface area contributed by atoms with Crippen LogP contribution in [0, 0.1) is 6.92 Å². The van der Waals surface area contributed by atoms with Crippen molar-refractivity contribution < 1.29 is 24.0 Å². The van der Waals surface area contributed by atoms with Crippen molar-refractivity contribution in [1.82, 2.24) is 15.4 Å². The van der Waals surface area contributed by atoms with E-state index in [0.29, 0.717) is 10.6 Å². The third kappa shape index (κ3) is 3.00. The molecule has 0 spiro atoms. The molecule has 2 aliphatic heterocycles. The minimum Gasteiger partial charge on any atom is -0.548 e. The summed E-state index contributed by atoms with van der Waals surface area (Å²) in [6.45, 7) is 5.07. The number of nitrogens with one attached hydrogen (secondary N) is 1. The quantitative estimate of drug-likeness (QED) is 0.719. The number of rotatable bonds is 4. The lowest BCUT2D eigenvalue weighted by Crippen LogP contribution is -2.71. The van der Waals surface area contributed by atoms with Gasteiger partial charge in [0.25, 0.3) is 5.91 Å². The van der Waals surface area contributed by atoms with Crippen LogP contribution in [-0.4, -0.2) is 50.0 Å². The SMILES string of the molecule is Cc1onc(-c2ccccc2Cl)c1C(=O)NC1C(=O)N2C1SC(C)(C)C2C(=O)[O-]. The lowest BCUT2D eigenvalue weighted by atomic mass is 9.95. The van der Waals surface area contributed by atoms with E-state index in [1.807, 2.05) is 0 Å². The Kier molecular flexibility index (Phi) is 4.62. The van der Waals surface area contributed by atoms with Crippen LogP contribution in [0.25, 0.3) is 11.3 Å². The Morgan fingerprint density at radius 2 is 2.03 bits per heavy atom. The van der Waals surface area contributed by atoms with E-state index in [2.05, 4.69) is 10.5 Å². The first kappa shape index (κ1) is 19.8. The Balaban J connectivity index is 1.60. The van der Waals surface area contributed by atoms with Crippen molar-refractivity contribution in [2.75, 3.05) is 0 Å². The number of halogens is 1. The first-order chi connectivity index (χ1) is 13.6. The largest absolute Gasteiger partial charge is 0.548 e. The summed E-state index contributed by atoms with van der Waals surface area (Å²) >= 11 is 7.54. The van der Waals surface area contributed by atoms with E-state index < -0.39 is 40.0 Å². The number of carbonyl (C=O) groups excluding carboxylic acids is 3. The number of β-lactam (4-membered cyclic amide) rings is 1. The van der Waals surface area contributed by atoms with Crippen LogP contribution >= 0.6 is 23.4 Å². The van der Waals surface area contributed by atoms with Crippen molar-refractivity contribution in [2.24, 2.45) is 0 Å². The molecule has 3 unspecified atom stereocenters. The molecule has 2 aromatic rings. The van der Waals surface area contributed by atoms with Crippen LogP contribution in [0.1, 0.15) is 30.0 Å². The molecule has 2 fully saturated rings. The van der Waals surface area contributed by atoms with E-state index in [4.69, 9.17) is 16.1 Å². The first-order valence-corrected chi connectivity index (χ1v) is 10.1. The van der Waals surface area contributed by atoms with E-state index in [9.17, 15) is 19.5 Å². The normalized spacial score (nSPS) is 24.8. The van der Waals surface area contributed by atoms with Gasteiger partial charge in [0.05, 0.1) is 17.0 Å². The maximum Gasteiger partial charge on any atom is 0.257 e. The Labute approximate surface area is 175 Å². The summed E-state index contributed by atoms with van der Waals surface area (Å²) in [5.74, 6) is -2.01. The molecule has 2 aliphatic rings. The number of benzene rings is 1. The second-order valence-corrected chi connectivity index (χ2v) is 9.65. The molecule has 1 N–H and O–H groups in total. The van der Waals surface area contributed by atoms with E-state index in [-0.39, 0.29) is 17.0 Å². The van der Waals surface area contributed by atoms with Crippen molar-refractivity contribution in [1.29, 1.82) is 0 Å². The number of thioether (sulfide) groups is 1. The van der Waals surface area contributed by atoms with Crippen LogP contribution in [0.5, 0.6) is 0 Å². The molecular weight excluding hydrogens is 418 g/mol. The summed E-state index contributed by atoms with van der Waals surface area (Å²) in [4.78, 5) is 38.3. The number of carboxylic acids is 1. The van der Waals surface area contributed by atoms with Gasteiger partial charge in [0.2, 0.25) is 5.91 Å². The highest BCUT2D eigenvalue weighted by Crippen LogP contribution is 2.50. The van der Waals surface area contributed by atoms with E-state index >= 15 is 0 Å². The van der Waals surface area contributed by atoms with Crippen LogP contribution in [0.15, 0.2) is 28.8 Å². The zero-order valence-electron chi connectivity index (χ0n) is 15.8. The first-order valence-electron chi connectivity index (χ1n) is 8.86. The molecule has 0 bridgehead atoms. The highest BCUT2D eigenvalue weighted by Gasteiger charge is 2.62. The number of carboxylic acid groups (broad SMARTS) is 1. The van der Waals surface area contributed by atoms with Gasteiger partial charge in [-0.05, 0) is 26.8 Å². The molecule has 8 nitrogen and oxygen atoms in total. The summed E-state index contributed by atoms with van der Waals surface area (Å²) in [7, 11) is 0. The smallest absolute Gasteiger partial charge is 0.257 e. The molecule has 2 saturated heterocycles. The highest BCUT2D eigenvalue weighted by molar-refractivity contribution is 8.01. The summed E-state index contributed by atoms with van der Waals surface area (Å²) in [6.07, 6.45) is 0. The number of hydrogen-bond acceptors (Lipinski definition) is 7. The number of amides is 2. The number of nitrogens with zero attached hydrogens (tertiary/aromatic N) is 2. The zero-order chi connectivity index (χ0) is 21.1. The van der Waals surface area contributed by atoms with Crippen molar-refractivity contribution in [2.45, 2.75) is 43.0 Å². The monoisotopic (exact) mass is 434 g/mol. The minimum absolute atomic E-state index is 0.183. The van der Waals surface area contributed by atoms with Gasteiger partial charge < -0.3 is 24.6 Å². The second-order valence-electron chi connectivity index (χ2n) is 7.47. The average Bonchev–Trinajstić information content (AvgIpc) is 3.15. The summed E-state index contributed by atoms with van der Waals surface area (Å²) in [5, 5.41) is 18.1. The maximum absolute atomic E-state index is 13.0. The van der Waals surface area contributed by atoms with Gasteiger partial charge in [-0.3, -0.25) is 9.59 Å². The Bertz CT molecular complexity index is 1040.